The molecule has 1 aliphatic rings. The molecular formula is C22H16N2O4S. The number of hydrogen-bond acceptors (Lipinski definition) is 6. The highest BCUT2D eigenvalue weighted by molar-refractivity contribution is 7.99. The van der Waals surface area contributed by atoms with Gasteiger partial charge in [-0.2, -0.15) is 0 Å². The molecule has 29 heavy (non-hydrogen) atoms. The number of amides is 2. The number of aromatic nitrogens is 1. The number of hydrogen-bond donors (Lipinski definition) is 0. The molecule has 1 aliphatic heterocycles. The topological polar surface area (TPSA) is 76.6 Å². The maximum atomic E-state index is 12.6. The predicted octanol–water partition coefficient (Wildman–Crippen LogP) is 4.21. The third-order valence-electron chi connectivity index (χ3n) is 4.36. The summed E-state index contributed by atoms with van der Waals surface area (Å²) >= 11 is 1.37. The lowest BCUT2D eigenvalue weighted by molar-refractivity contribution is 0.0525. The molecule has 6 nitrogen and oxygen atoms in total. The molecule has 0 spiro atoms. The lowest BCUT2D eigenvalue weighted by Crippen LogP contribution is -2.29. The average molecular weight is 404 g/mol. The number of imide groups is 1. The normalized spacial score (nSPS) is 12.8. The molecule has 0 bridgehead atoms. The minimum Gasteiger partial charge on any atom is -0.462 e. The smallest absolute Gasteiger partial charge is 0.338 e. The summed E-state index contributed by atoms with van der Waals surface area (Å²) < 4.78 is 5.01. The van der Waals surface area contributed by atoms with Gasteiger partial charge in [0, 0.05) is 11.1 Å². The van der Waals surface area contributed by atoms with Crippen LogP contribution >= 0.6 is 11.8 Å². The first-order chi connectivity index (χ1) is 14.1. The van der Waals surface area contributed by atoms with Crippen LogP contribution in [0.5, 0.6) is 0 Å². The van der Waals surface area contributed by atoms with Crippen molar-refractivity contribution in [2.75, 3.05) is 11.5 Å². The molecule has 2 amide bonds. The van der Waals surface area contributed by atoms with Crippen LogP contribution < -0.4 is 4.90 Å². The second-order valence-electron chi connectivity index (χ2n) is 6.19. The molecule has 0 radical (unpaired) electrons. The van der Waals surface area contributed by atoms with Crippen LogP contribution in [-0.4, -0.2) is 29.4 Å². The number of esters is 1. The monoisotopic (exact) mass is 404 g/mol. The number of pyridine rings is 1. The summed E-state index contributed by atoms with van der Waals surface area (Å²) in [6.45, 7) is 2.06. The van der Waals surface area contributed by atoms with Gasteiger partial charge in [-0.05, 0) is 55.5 Å². The first-order valence-corrected chi connectivity index (χ1v) is 9.79. The summed E-state index contributed by atoms with van der Waals surface area (Å²) in [4.78, 5) is 43.3. The Morgan fingerprint density at radius 3 is 2.28 bits per heavy atom. The molecule has 144 valence electrons. The zero-order valence-electron chi connectivity index (χ0n) is 15.5. The predicted molar refractivity (Wildman–Crippen MR) is 108 cm³/mol. The third kappa shape index (κ3) is 3.64. The molecule has 0 atom stereocenters. The number of ether oxygens (including phenoxy) is 1. The number of carbonyl (C=O) groups is 3. The van der Waals surface area contributed by atoms with Gasteiger partial charge in [0.05, 0.1) is 29.0 Å². The van der Waals surface area contributed by atoms with E-state index in [2.05, 4.69) is 4.98 Å². The van der Waals surface area contributed by atoms with Gasteiger partial charge in [0.2, 0.25) is 0 Å². The third-order valence-corrected chi connectivity index (χ3v) is 5.30. The van der Waals surface area contributed by atoms with Gasteiger partial charge in [0.1, 0.15) is 5.03 Å². The van der Waals surface area contributed by atoms with Crippen LogP contribution in [0, 0.1) is 0 Å². The van der Waals surface area contributed by atoms with E-state index >= 15 is 0 Å². The Hall–Kier alpha value is -3.45. The fraction of sp³-hybridized carbons (Fsp3) is 0.0909. The zero-order chi connectivity index (χ0) is 20.4. The van der Waals surface area contributed by atoms with Gasteiger partial charge in [-0.3, -0.25) is 9.59 Å². The Morgan fingerprint density at radius 1 is 1.00 bits per heavy atom. The first-order valence-electron chi connectivity index (χ1n) is 8.97. The highest BCUT2D eigenvalue weighted by atomic mass is 32.2. The summed E-state index contributed by atoms with van der Waals surface area (Å²) in [6.07, 6.45) is 1.56. The summed E-state index contributed by atoms with van der Waals surface area (Å²) in [5.74, 6) is -1.04. The molecule has 0 N–H and O–H groups in total. The van der Waals surface area contributed by atoms with E-state index in [4.69, 9.17) is 4.74 Å². The summed E-state index contributed by atoms with van der Waals surface area (Å²) in [7, 11) is 0. The summed E-state index contributed by atoms with van der Waals surface area (Å²) in [5, 5.41) is 0.643. The fourth-order valence-electron chi connectivity index (χ4n) is 3.01. The first kappa shape index (κ1) is 18.9. The molecule has 1 aromatic heterocycles. The van der Waals surface area contributed by atoms with Gasteiger partial charge in [0.15, 0.2) is 0 Å². The Morgan fingerprint density at radius 2 is 1.66 bits per heavy atom. The number of nitrogens with zero attached hydrogens (tertiary/aromatic N) is 2. The fourth-order valence-corrected chi connectivity index (χ4v) is 3.83. The largest absolute Gasteiger partial charge is 0.462 e. The van der Waals surface area contributed by atoms with Gasteiger partial charge < -0.3 is 4.74 Å². The van der Waals surface area contributed by atoms with Crippen molar-refractivity contribution < 1.29 is 19.1 Å². The molecule has 2 aromatic carbocycles. The molecule has 2 heterocycles. The minimum absolute atomic E-state index is 0.308. The van der Waals surface area contributed by atoms with Crippen LogP contribution in [0.3, 0.4) is 0 Å². The summed E-state index contributed by atoms with van der Waals surface area (Å²) in [6, 6.07) is 17.1. The van der Waals surface area contributed by atoms with Crippen LogP contribution in [0.2, 0.25) is 0 Å². The second kappa shape index (κ2) is 7.89. The quantitative estimate of drug-likeness (QED) is 0.468. The second-order valence-corrected chi connectivity index (χ2v) is 7.28. The van der Waals surface area contributed by atoms with Gasteiger partial charge in [-0.25, -0.2) is 14.7 Å². The maximum Gasteiger partial charge on any atom is 0.338 e. The van der Waals surface area contributed by atoms with Gasteiger partial charge in [-0.1, -0.05) is 23.9 Å². The van der Waals surface area contributed by atoms with Crippen LogP contribution in [0.25, 0.3) is 0 Å². The highest BCUT2D eigenvalue weighted by Gasteiger charge is 2.36. The SMILES string of the molecule is CCOC(=O)c1ccnc(Sc2ccc(N3C(=O)c4ccccc4C3=O)cc2)c1. The Kier molecular flexibility index (Phi) is 5.14. The number of fused-ring (bicyclic) bond motifs is 1. The van der Waals surface area contributed by atoms with Crippen molar-refractivity contribution in [2.45, 2.75) is 16.8 Å². The molecule has 7 heteroatoms. The number of carbonyl (C=O) groups excluding carboxylic acids is 3. The number of anilines is 1. The average Bonchev–Trinajstić information content (AvgIpc) is 3.00. The van der Waals surface area contributed by atoms with Crippen LogP contribution in [0.15, 0.2) is 76.8 Å². The Bertz CT molecular complexity index is 1080. The molecule has 4 rings (SSSR count). The minimum atomic E-state index is -0.391. The molecule has 0 saturated carbocycles. The van der Waals surface area contributed by atoms with E-state index in [1.165, 1.54) is 16.7 Å². The van der Waals surface area contributed by atoms with Crippen molar-refractivity contribution in [3.05, 3.63) is 83.6 Å². The lowest BCUT2D eigenvalue weighted by Gasteiger charge is -2.14. The van der Waals surface area contributed by atoms with Gasteiger partial charge in [0.25, 0.3) is 11.8 Å². The summed E-state index contributed by atoms with van der Waals surface area (Å²) in [5.41, 5.74) is 1.77. The van der Waals surface area contributed by atoms with E-state index in [1.54, 1.807) is 61.7 Å². The van der Waals surface area contributed by atoms with Crippen molar-refractivity contribution in [2.24, 2.45) is 0 Å². The van der Waals surface area contributed by atoms with Crippen molar-refractivity contribution in [1.29, 1.82) is 0 Å². The maximum absolute atomic E-state index is 12.6. The van der Waals surface area contributed by atoms with Crippen molar-refractivity contribution >= 4 is 35.2 Å². The van der Waals surface area contributed by atoms with E-state index in [1.807, 2.05) is 12.1 Å². The standard InChI is InChI=1S/C22H16N2O4S/c1-2-28-22(27)14-11-12-23-19(13-14)29-16-9-7-15(8-10-16)24-20(25)17-5-3-4-6-18(17)21(24)26/h3-13H,2H2,1H3. The zero-order valence-corrected chi connectivity index (χ0v) is 16.3. The molecule has 0 unspecified atom stereocenters. The lowest BCUT2D eigenvalue weighted by atomic mass is 10.1. The van der Waals surface area contributed by atoms with E-state index in [9.17, 15) is 14.4 Å². The molecule has 3 aromatic rings. The number of rotatable bonds is 5. The van der Waals surface area contributed by atoms with Crippen molar-refractivity contribution in [1.82, 2.24) is 4.98 Å². The molecule has 0 fully saturated rings. The molecule has 0 aliphatic carbocycles. The van der Waals surface area contributed by atoms with Gasteiger partial charge in [-0.15, -0.1) is 0 Å². The van der Waals surface area contributed by atoms with E-state index < -0.39 is 5.97 Å². The van der Waals surface area contributed by atoms with Crippen LogP contribution in [0.1, 0.15) is 38.0 Å². The Labute approximate surface area is 171 Å². The van der Waals surface area contributed by atoms with Crippen LogP contribution in [-0.2, 0) is 4.74 Å². The number of benzene rings is 2. The van der Waals surface area contributed by atoms with E-state index in [-0.39, 0.29) is 11.8 Å². The highest BCUT2D eigenvalue weighted by Crippen LogP contribution is 2.32. The van der Waals surface area contributed by atoms with Gasteiger partial charge >= 0.3 is 5.97 Å². The van der Waals surface area contributed by atoms with Crippen LogP contribution in [0.4, 0.5) is 5.69 Å². The molecule has 0 saturated heterocycles. The van der Waals surface area contributed by atoms with E-state index in [0.29, 0.717) is 34.0 Å². The van der Waals surface area contributed by atoms with Crippen molar-refractivity contribution in [3.63, 3.8) is 0 Å². The molecular weight excluding hydrogens is 388 g/mol. The van der Waals surface area contributed by atoms with Crippen molar-refractivity contribution in [3.8, 4) is 0 Å². The Balaban J connectivity index is 1.52. The van der Waals surface area contributed by atoms with E-state index in [0.717, 1.165) is 4.90 Å².